The van der Waals surface area contributed by atoms with Crippen LogP contribution in [-0.2, 0) is 7.05 Å². The number of rotatable bonds is 2. The molecule has 0 radical (unpaired) electrons. The summed E-state index contributed by atoms with van der Waals surface area (Å²) in [5.74, 6) is 0. The number of fused-ring (bicyclic) bond motifs is 1. The summed E-state index contributed by atoms with van der Waals surface area (Å²) < 4.78 is 1.53. The van der Waals surface area contributed by atoms with E-state index in [9.17, 15) is 9.59 Å². The van der Waals surface area contributed by atoms with Crippen molar-refractivity contribution in [3.8, 4) is 0 Å². The molecule has 5 nitrogen and oxygen atoms in total. The number of urea groups is 1. The van der Waals surface area contributed by atoms with Gasteiger partial charge in [0.25, 0.3) is 5.56 Å². The van der Waals surface area contributed by atoms with Gasteiger partial charge >= 0.3 is 6.03 Å². The van der Waals surface area contributed by atoms with E-state index in [1.165, 1.54) is 4.57 Å². The number of benzene rings is 2. The van der Waals surface area contributed by atoms with Gasteiger partial charge in [0.1, 0.15) is 5.69 Å². The summed E-state index contributed by atoms with van der Waals surface area (Å²) in [6.07, 6.45) is 0. The van der Waals surface area contributed by atoms with Gasteiger partial charge in [-0.1, -0.05) is 36.4 Å². The molecule has 3 aromatic rings. The number of aryl methyl sites for hydroxylation is 3. The van der Waals surface area contributed by atoms with Gasteiger partial charge in [0, 0.05) is 18.1 Å². The highest BCUT2D eigenvalue weighted by Crippen LogP contribution is 2.20. The normalized spacial score (nSPS) is 10.6. The van der Waals surface area contributed by atoms with Crippen LogP contribution in [0.3, 0.4) is 0 Å². The van der Waals surface area contributed by atoms with E-state index in [2.05, 4.69) is 10.6 Å². The Kier molecular flexibility index (Phi) is 4.08. The third kappa shape index (κ3) is 2.88. The van der Waals surface area contributed by atoms with E-state index in [0.717, 1.165) is 27.7 Å². The number of pyridine rings is 1. The highest BCUT2D eigenvalue weighted by Gasteiger charge is 2.11. The molecule has 0 atom stereocenters. The summed E-state index contributed by atoms with van der Waals surface area (Å²) in [4.78, 5) is 24.7. The second-order valence-electron chi connectivity index (χ2n) is 5.83. The van der Waals surface area contributed by atoms with Crippen LogP contribution in [0.2, 0.25) is 0 Å². The topological polar surface area (TPSA) is 63.1 Å². The van der Waals surface area contributed by atoms with Gasteiger partial charge in [-0.25, -0.2) is 4.79 Å². The average Bonchev–Trinajstić information content (AvgIpc) is 2.56. The van der Waals surface area contributed by atoms with Crippen LogP contribution in [0.15, 0.2) is 53.3 Å². The number of nitrogens with one attached hydrogen (secondary N) is 2. The van der Waals surface area contributed by atoms with Gasteiger partial charge in [-0.15, -0.1) is 0 Å². The van der Waals surface area contributed by atoms with Crippen LogP contribution in [0.4, 0.5) is 16.2 Å². The molecule has 1 heterocycles. The maximum absolute atomic E-state index is 12.4. The fourth-order valence-corrected chi connectivity index (χ4v) is 2.79. The molecule has 0 bridgehead atoms. The number of carbonyl (C=O) groups is 1. The zero-order valence-electron chi connectivity index (χ0n) is 13.9. The van der Waals surface area contributed by atoms with E-state index < -0.39 is 6.03 Å². The Morgan fingerprint density at radius 3 is 2.33 bits per heavy atom. The fourth-order valence-electron chi connectivity index (χ4n) is 2.79. The first-order valence-electron chi connectivity index (χ1n) is 7.70. The molecule has 0 unspecified atom stereocenters. The lowest BCUT2D eigenvalue weighted by molar-refractivity contribution is 0.262. The Bertz CT molecular complexity index is 969. The summed E-state index contributed by atoms with van der Waals surface area (Å²) in [5.41, 5.74) is 3.52. The molecule has 0 spiro atoms. The van der Waals surface area contributed by atoms with Crippen molar-refractivity contribution in [1.29, 1.82) is 0 Å². The molecular weight excluding hydrogens is 302 g/mol. The minimum atomic E-state index is -0.431. The van der Waals surface area contributed by atoms with E-state index in [-0.39, 0.29) is 11.2 Å². The number of hydrogen-bond acceptors (Lipinski definition) is 2. The smallest absolute Gasteiger partial charge is 0.310 e. The quantitative estimate of drug-likeness (QED) is 0.754. The van der Waals surface area contributed by atoms with Crippen molar-refractivity contribution in [3.05, 3.63) is 70.0 Å². The van der Waals surface area contributed by atoms with Crippen LogP contribution in [0.25, 0.3) is 10.9 Å². The van der Waals surface area contributed by atoms with Crippen molar-refractivity contribution in [2.75, 3.05) is 10.6 Å². The summed E-state index contributed by atoms with van der Waals surface area (Å²) in [7, 11) is 1.69. The largest absolute Gasteiger partial charge is 0.323 e. The highest BCUT2D eigenvalue weighted by molar-refractivity contribution is 6.01. The van der Waals surface area contributed by atoms with Crippen molar-refractivity contribution in [1.82, 2.24) is 4.57 Å². The maximum Gasteiger partial charge on any atom is 0.323 e. The van der Waals surface area contributed by atoms with Crippen LogP contribution in [0.1, 0.15) is 11.1 Å². The predicted octanol–water partition coefficient (Wildman–Crippen LogP) is 3.80. The van der Waals surface area contributed by atoms with Crippen molar-refractivity contribution in [3.63, 3.8) is 0 Å². The molecular formula is C19H19N3O2. The molecule has 3 rings (SSSR count). The summed E-state index contributed by atoms with van der Waals surface area (Å²) in [6.45, 7) is 3.86. The molecule has 0 aliphatic carbocycles. The molecule has 2 aromatic carbocycles. The summed E-state index contributed by atoms with van der Waals surface area (Å²) in [6, 6.07) is 14.6. The number of carbonyl (C=O) groups excluding carboxylic acids is 1. The molecule has 0 saturated heterocycles. The molecule has 0 aliphatic rings. The van der Waals surface area contributed by atoms with Gasteiger partial charge in [0.15, 0.2) is 0 Å². The van der Waals surface area contributed by atoms with Gasteiger partial charge in [-0.05, 0) is 37.1 Å². The lowest BCUT2D eigenvalue weighted by atomic mass is 10.1. The predicted molar refractivity (Wildman–Crippen MR) is 97.7 cm³/mol. The molecule has 2 amide bonds. The van der Waals surface area contributed by atoms with Crippen LogP contribution < -0.4 is 16.2 Å². The number of nitrogens with zero attached hydrogens (tertiary/aromatic N) is 1. The monoisotopic (exact) mass is 321 g/mol. The Morgan fingerprint density at radius 1 is 0.958 bits per heavy atom. The summed E-state index contributed by atoms with van der Waals surface area (Å²) >= 11 is 0. The third-order valence-corrected chi connectivity index (χ3v) is 4.10. The Balaban J connectivity index is 1.91. The SMILES string of the molecule is Cc1cccc(C)c1NC(=O)Nc1cc2ccccc2n(C)c1=O. The lowest BCUT2D eigenvalue weighted by Gasteiger charge is -2.13. The van der Waals surface area contributed by atoms with Gasteiger partial charge in [-0.2, -0.15) is 0 Å². The van der Waals surface area contributed by atoms with Crippen LogP contribution in [0.5, 0.6) is 0 Å². The van der Waals surface area contributed by atoms with Crippen molar-refractivity contribution < 1.29 is 4.79 Å². The van der Waals surface area contributed by atoms with Gasteiger partial charge < -0.3 is 15.2 Å². The Hall–Kier alpha value is -3.08. The van der Waals surface area contributed by atoms with Crippen molar-refractivity contribution >= 4 is 28.3 Å². The van der Waals surface area contributed by atoms with E-state index in [1.54, 1.807) is 13.1 Å². The van der Waals surface area contributed by atoms with E-state index in [1.807, 2.05) is 56.3 Å². The Labute approximate surface area is 139 Å². The van der Waals surface area contributed by atoms with Crippen LogP contribution >= 0.6 is 0 Å². The lowest BCUT2D eigenvalue weighted by Crippen LogP contribution is -2.27. The first-order valence-corrected chi connectivity index (χ1v) is 7.70. The average molecular weight is 321 g/mol. The fraction of sp³-hybridized carbons (Fsp3) is 0.158. The van der Waals surface area contributed by atoms with Crippen LogP contribution in [0, 0.1) is 13.8 Å². The second-order valence-corrected chi connectivity index (χ2v) is 5.83. The van der Waals surface area contributed by atoms with E-state index in [0.29, 0.717) is 0 Å². The number of hydrogen-bond donors (Lipinski definition) is 2. The molecule has 5 heteroatoms. The second kappa shape index (κ2) is 6.20. The van der Waals surface area contributed by atoms with E-state index >= 15 is 0 Å². The molecule has 122 valence electrons. The number of amides is 2. The standard InChI is InChI=1S/C19H19N3O2/c1-12-7-6-8-13(2)17(12)21-19(24)20-15-11-14-9-4-5-10-16(14)22(3)18(15)23/h4-11H,1-3H3,(H2,20,21,24). The van der Waals surface area contributed by atoms with Crippen LogP contribution in [-0.4, -0.2) is 10.6 Å². The van der Waals surface area contributed by atoms with Gasteiger partial charge in [0.05, 0.1) is 5.52 Å². The number of aromatic nitrogens is 1. The zero-order chi connectivity index (χ0) is 17.3. The molecule has 0 saturated carbocycles. The molecule has 0 aliphatic heterocycles. The number of para-hydroxylation sites is 2. The van der Waals surface area contributed by atoms with Crippen molar-refractivity contribution in [2.45, 2.75) is 13.8 Å². The number of anilines is 2. The third-order valence-electron chi connectivity index (χ3n) is 4.10. The summed E-state index contributed by atoms with van der Waals surface area (Å²) in [5, 5.41) is 6.38. The zero-order valence-corrected chi connectivity index (χ0v) is 13.9. The van der Waals surface area contributed by atoms with Gasteiger partial charge in [0.2, 0.25) is 0 Å². The molecule has 2 N–H and O–H groups in total. The van der Waals surface area contributed by atoms with E-state index in [4.69, 9.17) is 0 Å². The van der Waals surface area contributed by atoms with Gasteiger partial charge in [-0.3, -0.25) is 4.79 Å². The van der Waals surface area contributed by atoms with Crippen molar-refractivity contribution in [2.24, 2.45) is 7.05 Å². The first-order chi connectivity index (χ1) is 11.5. The molecule has 0 fully saturated rings. The highest BCUT2D eigenvalue weighted by atomic mass is 16.2. The minimum Gasteiger partial charge on any atom is -0.310 e. The molecule has 24 heavy (non-hydrogen) atoms. The maximum atomic E-state index is 12.4. The Morgan fingerprint density at radius 2 is 1.62 bits per heavy atom. The minimum absolute atomic E-state index is 0.245. The first kappa shape index (κ1) is 15.8. The molecule has 1 aromatic heterocycles.